The smallest absolute Gasteiger partial charge is 0.310 e. The number of hydrogen-bond donors (Lipinski definition) is 1. The molecule has 6 heteroatoms. The van der Waals surface area contributed by atoms with E-state index in [2.05, 4.69) is 5.10 Å². The van der Waals surface area contributed by atoms with E-state index < -0.39 is 17.8 Å². The number of aromatic nitrogens is 2. The maximum absolute atomic E-state index is 12.6. The zero-order valence-electron chi connectivity index (χ0n) is 9.15. The predicted molar refractivity (Wildman–Crippen MR) is 53.5 cm³/mol. The van der Waals surface area contributed by atoms with E-state index >= 15 is 0 Å². The first-order chi connectivity index (χ1) is 7.29. The minimum atomic E-state index is -2.73. The fourth-order valence-corrected chi connectivity index (χ4v) is 1.18. The maximum atomic E-state index is 12.6. The molecular weight excluding hydrogens is 218 g/mol. The zero-order valence-corrected chi connectivity index (χ0v) is 9.15. The first-order valence-electron chi connectivity index (χ1n) is 4.92. The highest BCUT2D eigenvalue weighted by Gasteiger charge is 2.21. The SMILES string of the molecule is CC(C(=O)O)c1cnn(CCC(C)(F)F)c1. The Labute approximate surface area is 91.9 Å². The first-order valence-corrected chi connectivity index (χ1v) is 4.92. The van der Waals surface area contributed by atoms with E-state index in [-0.39, 0.29) is 13.0 Å². The molecule has 1 heterocycles. The highest BCUT2D eigenvalue weighted by Crippen LogP contribution is 2.19. The fourth-order valence-electron chi connectivity index (χ4n) is 1.18. The zero-order chi connectivity index (χ0) is 12.3. The van der Waals surface area contributed by atoms with Crippen LogP contribution in [0.4, 0.5) is 8.78 Å². The molecule has 0 aliphatic carbocycles. The van der Waals surface area contributed by atoms with Crippen molar-refractivity contribution in [2.45, 2.75) is 38.7 Å². The summed E-state index contributed by atoms with van der Waals surface area (Å²) < 4.78 is 26.5. The van der Waals surface area contributed by atoms with Gasteiger partial charge in [0.2, 0.25) is 5.92 Å². The maximum Gasteiger partial charge on any atom is 0.310 e. The van der Waals surface area contributed by atoms with Gasteiger partial charge in [0, 0.05) is 24.7 Å². The van der Waals surface area contributed by atoms with Crippen molar-refractivity contribution in [2.75, 3.05) is 0 Å². The van der Waals surface area contributed by atoms with Gasteiger partial charge in [0.15, 0.2) is 0 Å². The number of aliphatic carboxylic acids is 1. The van der Waals surface area contributed by atoms with Gasteiger partial charge in [-0.1, -0.05) is 0 Å². The topological polar surface area (TPSA) is 55.1 Å². The lowest BCUT2D eigenvalue weighted by Crippen LogP contribution is -2.14. The normalized spacial score (nSPS) is 13.8. The average Bonchev–Trinajstić information content (AvgIpc) is 2.60. The van der Waals surface area contributed by atoms with Crippen LogP contribution in [-0.4, -0.2) is 26.8 Å². The van der Waals surface area contributed by atoms with Crippen LogP contribution < -0.4 is 0 Å². The van der Waals surface area contributed by atoms with Gasteiger partial charge in [0.1, 0.15) is 0 Å². The number of halogens is 2. The van der Waals surface area contributed by atoms with E-state index in [1.807, 2.05) is 0 Å². The molecule has 16 heavy (non-hydrogen) atoms. The van der Waals surface area contributed by atoms with Crippen molar-refractivity contribution in [1.29, 1.82) is 0 Å². The van der Waals surface area contributed by atoms with Crippen LogP contribution in [0.3, 0.4) is 0 Å². The van der Waals surface area contributed by atoms with E-state index in [0.717, 1.165) is 6.92 Å². The monoisotopic (exact) mass is 232 g/mol. The number of aryl methyl sites for hydroxylation is 1. The van der Waals surface area contributed by atoms with Crippen LogP contribution in [0.25, 0.3) is 0 Å². The number of carboxylic acids is 1. The summed E-state index contributed by atoms with van der Waals surface area (Å²) in [5.41, 5.74) is 0.520. The summed E-state index contributed by atoms with van der Waals surface area (Å²) in [5.74, 6) is -4.36. The van der Waals surface area contributed by atoms with Gasteiger partial charge in [-0.3, -0.25) is 9.48 Å². The van der Waals surface area contributed by atoms with Crippen molar-refractivity contribution in [2.24, 2.45) is 0 Å². The molecule has 0 aliphatic heterocycles. The number of hydrogen-bond acceptors (Lipinski definition) is 2. The third-order valence-electron chi connectivity index (χ3n) is 2.30. The van der Waals surface area contributed by atoms with Gasteiger partial charge < -0.3 is 5.11 Å². The van der Waals surface area contributed by atoms with Gasteiger partial charge in [0.05, 0.1) is 12.1 Å². The van der Waals surface area contributed by atoms with Gasteiger partial charge >= 0.3 is 5.97 Å². The fraction of sp³-hybridized carbons (Fsp3) is 0.600. The van der Waals surface area contributed by atoms with Crippen molar-refractivity contribution in [3.8, 4) is 0 Å². The molecule has 1 N–H and O–H groups in total. The molecule has 1 aromatic heterocycles. The Balaban J connectivity index is 2.62. The largest absolute Gasteiger partial charge is 0.481 e. The van der Waals surface area contributed by atoms with Crippen molar-refractivity contribution >= 4 is 5.97 Å². The van der Waals surface area contributed by atoms with E-state index in [9.17, 15) is 13.6 Å². The van der Waals surface area contributed by atoms with Crippen molar-refractivity contribution in [3.05, 3.63) is 18.0 Å². The van der Waals surface area contributed by atoms with E-state index in [0.29, 0.717) is 5.56 Å². The van der Waals surface area contributed by atoms with Crippen LogP contribution in [0.2, 0.25) is 0 Å². The van der Waals surface area contributed by atoms with Crippen LogP contribution in [0.15, 0.2) is 12.4 Å². The Morgan fingerprint density at radius 1 is 1.69 bits per heavy atom. The van der Waals surface area contributed by atoms with E-state index in [4.69, 9.17) is 5.11 Å². The summed E-state index contributed by atoms with van der Waals surface area (Å²) >= 11 is 0. The summed E-state index contributed by atoms with van der Waals surface area (Å²) in [5, 5.41) is 12.6. The lowest BCUT2D eigenvalue weighted by Gasteiger charge is -2.09. The lowest BCUT2D eigenvalue weighted by molar-refractivity contribution is -0.138. The van der Waals surface area contributed by atoms with E-state index in [1.165, 1.54) is 24.0 Å². The quantitative estimate of drug-likeness (QED) is 0.845. The average molecular weight is 232 g/mol. The van der Waals surface area contributed by atoms with Gasteiger partial charge in [-0.2, -0.15) is 5.10 Å². The number of nitrogens with zero attached hydrogens (tertiary/aromatic N) is 2. The number of alkyl halides is 2. The van der Waals surface area contributed by atoms with Crippen LogP contribution in [0.1, 0.15) is 31.7 Å². The Hall–Kier alpha value is -1.46. The Morgan fingerprint density at radius 3 is 2.81 bits per heavy atom. The molecule has 0 radical (unpaired) electrons. The molecule has 1 unspecified atom stereocenters. The Bertz CT molecular complexity index is 371. The highest BCUT2D eigenvalue weighted by atomic mass is 19.3. The van der Waals surface area contributed by atoms with Gasteiger partial charge in [-0.25, -0.2) is 8.78 Å². The molecule has 1 rings (SSSR count). The standard InChI is InChI=1S/C10H14F2N2O2/c1-7(9(15)16)8-5-13-14(6-8)4-3-10(2,11)12/h5-7H,3-4H2,1-2H3,(H,15,16). The Kier molecular flexibility index (Phi) is 3.62. The second-order valence-electron chi connectivity index (χ2n) is 3.92. The van der Waals surface area contributed by atoms with Crippen LogP contribution in [0, 0.1) is 0 Å². The molecule has 0 saturated carbocycles. The van der Waals surface area contributed by atoms with Crippen molar-refractivity contribution in [1.82, 2.24) is 9.78 Å². The van der Waals surface area contributed by atoms with Crippen molar-refractivity contribution < 1.29 is 18.7 Å². The highest BCUT2D eigenvalue weighted by molar-refractivity contribution is 5.75. The molecule has 0 spiro atoms. The second kappa shape index (κ2) is 4.59. The molecule has 0 fully saturated rings. The summed E-state index contributed by atoms with van der Waals surface area (Å²) in [7, 11) is 0. The van der Waals surface area contributed by atoms with Crippen LogP contribution in [-0.2, 0) is 11.3 Å². The molecular formula is C10H14F2N2O2. The second-order valence-corrected chi connectivity index (χ2v) is 3.92. The lowest BCUT2D eigenvalue weighted by atomic mass is 10.1. The summed E-state index contributed by atoms with van der Waals surface area (Å²) in [6.45, 7) is 2.45. The third-order valence-corrected chi connectivity index (χ3v) is 2.30. The van der Waals surface area contributed by atoms with Gasteiger partial charge in [-0.05, 0) is 13.8 Å². The number of carbonyl (C=O) groups is 1. The summed E-state index contributed by atoms with van der Waals surface area (Å²) in [4.78, 5) is 10.7. The van der Waals surface area contributed by atoms with E-state index in [1.54, 1.807) is 0 Å². The molecule has 90 valence electrons. The Morgan fingerprint density at radius 2 is 2.31 bits per heavy atom. The molecule has 0 aromatic carbocycles. The summed E-state index contributed by atoms with van der Waals surface area (Å²) in [6.07, 6.45) is 2.58. The minimum Gasteiger partial charge on any atom is -0.481 e. The third kappa shape index (κ3) is 3.60. The van der Waals surface area contributed by atoms with Crippen LogP contribution in [0.5, 0.6) is 0 Å². The molecule has 4 nitrogen and oxygen atoms in total. The summed E-state index contributed by atoms with van der Waals surface area (Å²) in [6, 6.07) is 0. The molecule has 1 atom stereocenters. The minimum absolute atomic E-state index is 0.0792. The van der Waals surface area contributed by atoms with Gasteiger partial charge in [0.25, 0.3) is 0 Å². The first kappa shape index (κ1) is 12.6. The predicted octanol–water partition coefficient (Wildman–Crippen LogP) is 2.12. The molecule has 0 amide bonds. The van der Waals surface area contributed by atoms with Crippen LogP contribution >= 0.6 is 0 Å². The number of carboxylic acid groups (broad SMARTS) is 1. The molecule has 1 aromatic rings. The van der Waals surface area contributed by atoms with Gasteiger partial charge in [-0.15, -0.1) is 0 Å². The molecule has 0 aliphatic rings. The molecule has 0 saturated heterocycles. The van der Waals surface area contributed by atoms with Crippen molar-refractivity contribution in [3.63, 3.8) is 0 Å². The number of rotatable bonds is 5. The molecule has 0 bridgehead atoms.